The van der Waals surface area contributed by atoms with Gasteiger partial charge in [0, 0.05) is 38.0 Å². The average molecular weight is 700 g/mol. The van der Waals surface area contributed by atoms with Gasteiger partial charge in [-0.15, -0.1) is 0 Å². The molecule has 3 aromatic heterocycles. The van der Waals surface area contributed by atoms with Gasteiger partial charge in [0.1, 0.15) is 6.07 Å². The summed E-state index contributed by atoms with van der Waals surface area (Å²) < 4.78 is 6.87. The maximum atomic E-state index is 10.6. The molecule has 5 nitrogen and oxygen atoms in total. The monoisotopic (exact) mass is 699 g/mol. The zero-order valence-electron chi connectivity index (χ0n) is 29.5. The van der Waals surface area contributed by atoms with Gasteiger partial charge in [-0.2, -0.15) is 10.5 Å². The summed E-state index contributed by atoms with van der Waals surface area (Å²) in [6, 6.07) is 65.9. The highest BCUT2D eigenvalue weighted by atomic mass is 15.1. The van der Waals surface area contributed by atoms with Crippen molar-refractivity contribution in [1.29, 1.82) is 10.5 Å². The summed E-state index contributed by atoms with van der Waals surface area (Å²) in [7, 11) is 0. The third kappa shape index (κ3) is 4.45. The fraction of sp³-hybridized carbons (Fsp3) is 0. The first-order chi connectivity index (χ1) is 27.2. The van der Waals surface area contributed by atoms with Crippen molar-refractivity contribution < 1.29 is 0 Å². The van der Waals surface area contributed by atoms with Gasteiger partial charge in [-0.25, -0.2) is 0 Å². The molecule has 55 heavy (non-hydrogen) atoms. The second-order valence-electron chi connectivity index (χ2n) is 14.0. The molecule has 0 spiro atoms. The Bertz CT molecular complexity index is 3350. The lowest BCUT2D eigenvalue weighted by atomic mass is 10.0. The third-order valence-electron chi connectivity index (χ3n) is 11.1. The number of para-hydroxylation sites is 5. The molecule has 0 unspecified atom stereocenters. The van der Waals surface area contributed by atoms with Gasteiger partial charge in [0.2, 0.25) is 0 Å². The number of nitriles is 2. The molecule has 8 aromatic carbocycles. The SMILES string of the molecule is N#Cc1ccc2c(c1)c1cccc(-n3c4ccccc4c4ccccc43)c1n2-c1cc(-c2ccc(-n3c4ccccc4c4ccccc43)cc2)ccc1C#N. The van der Waals surface area contributed by atoms with Gasteiger partial charge in [0.25, 0.3) is 0 Å². The van der Waals surface area contributed by atoms with Crippen LogP contribution in [0.15, 0.2) is 176 Å². The van der Waals surface area contributed by atoms with Crippen LogP contribution in [0.3, 0.4) is 0 Å². The molecule has 0 fully saturated rings. The van der Waals surface area contributed by atoms with Crippen molar-refractivity contribution in [2.75, 3.05) is 0 Å². The van der Waals surface area contributed by atoms with Crippen LogP contribution in [0.1, 0.15) is 11.1 Å². The van der Waals surface area contributed by atoms with Crippen LogP contribution in [0, 0.1) is 22.7 Å². The largest absolute Gasteiger partial charge is 0.309 e. The van der Waals surface area contributed by atoms with E-state index in [2.05, 4.69) is 171 Å². The first-order valence-corrected chi connectivity index (χ1v) is 18.3. The molecule has 3 heterocycles. The molecule has 0 radical (unpaired) electrons. The number of nitrogens with zero attached hydrogens (tertiary/aromatic N) is 5. The van der Waals surface area contributed by atoms with Gasteiger partial charge in [-0.3, -0.25) is 0 Å². The quantitative estimate of drug-likeness (QED) is 0.184. The van der Waals surface area contributed by atoms with Gasteiger partial charge in [0.15, 0.2) is 0 Å². The van der Waals surface area contributed by atoms with Crippen molar-refractivity contribution in [2.24, 2.45) is 0 Å². The predicted molar refractivity (Wildman–Crippen MR) is 224 cm³/mol. The summed E-state index contributed by atoms with van der Waals surface area (Å²) in [6.07, 6.45) is 0. The Labute approximate surface area is 316 Å². The fourth-order valence-corrected chi connectivity index (χ4v) is 8.73. The van der Waals surface area contributed by atoms with E-state index in [1.165, 1.54) is 32.6 Å². The van der Waals surface area contributed by atoms with Crippen LogP contribution in [0.25, 0.3) is 93.6 Å². The first kappa shape index (κ1) is 30.7. The van der Waals surface area contributed by atoms with Crippen LogP contribution in [0.5, 0.6) is 0 Å². The number of benzene rings is 8. The van der Waals surface area contributed by atoms with E-state index in [1.54, 1.807) is 0 Å². The lowest BCUT2D eigenvalue weighted by Gasteiger charge is -2.16. The molecule has 254 valence electrons. The van der Waals surface area contributed by atoms with Crippen LogP contribution in [-0.2, 0) is 0 Å². The lowest BCUT2D eigenvalue weighted by Crippen LogP contribution is -2.02. The van der Waals surface area contributed by atoms with E-state index in [4.69, 9.17) is 0 Å². The molecule has 0 N–H and O–H groups in total. The van der Waals surface area contributed by atoms with E-state index < -0.39 is 0 Å². The summed E-state index contributed by atoms with van der Waals surface area (Å²) in [5.41, 5.74) is 12.5. The smallest absolute Gasteiger partial charge is 0.101 e. The van der Waals surface area contributed by atoms with E-state index in [9.17, 15) is 10.5 Å². The van der Waals surface area contributed by atoms with Crippen molar-refractivity contribution >= 4 is 65.4 Å². The van der Waals surface area contributed by atoms with Crippen LogP contribution >= 0.6 is 0 Å². The average Bonchev–Trinajstić information content (AvgIpc) is 3.89. The van der Waals surface area contributed by atoms with Crippen LogP contribution < -0.4 is 0 Å². The van der Waals surface area contributed by atoms with Crippen LogP contribution in [-0.4, -0.2) is 13.7 Å². The highest BCUT2D eigenvalue weighted by molar-refractivity contribution is 6.15. The lowest BCUT2D eigenvalue weighted by molar-refractivity contribution is 1.12. The number of aromatic nitrogens is 3. The van der Waals surface area contributed by atoms with Crippen molar-refractivity contribution in [3.05, 3.63) is 187 Å². The molecule has 11 aromatic rings. The standard InChI is InChI=1S/C50H29N5/c51-30-32-20-27-47-42(28-32)41-14-9-19-48(54-45-17-7-3-12-39(45)40-13-4-8-18-46(40)54)50(41)55(47)49-29-34(21-22-35(49)31-52)33-23-25-36(26-24-33)53-43-15-5-1-10-37(43)38-11-2-6-16-44(38)53/h1-29H. The van der Waals surface area contributed by atoms with E-state index >= 15 is 0 Å². The Morgan fingerprint density at radius 3 is 1.45 bits per heavy atom. The molecule has 5 heteroatoms. The summed E-state index contributed by atoms with van der Waals surface area (Å²) in [5, 5.41) is 27.4. The number of hydrogen-bond donors (Lipinski definition) is 0. The molecular weight excluding hydrogens is 671 g/mol. The fourth-order valence-electron chi connectivity index (χ4n) is 8.73. The van der Waals surface area contributed by atoms with Crippen molar-refractivity contribution in [1.82, 2.24) is 13.7 Å². The maximum absolute atomic E-state index is 10.6. The number of rotatable bonds is 4. The minimum atomic E-state index is 0.561. The molecule has 0 bridgehead atoms. The minimum Gasteiger partial charge on any atom is -0.309 e. The van der Waals surface area contributed by atoms with Gasteiger partial charge in [-0.05, 0) is 83.9 Å². The normalized spacial score (nSPS) is 11.6. The van der Waals surface area contributed by atoms with Crippen LogP contribution in [0.2, 0.25) is 0 Å². The Morgan fingerprint density at radius 2 is 0.873 bits per heavy atom. The highest BCUT2D eigenvalue weighted by Crippen LogP contribution is 2.41. The van der Waals surface area contributed by atoms with Gasteiger partial charge >= 0.3 is 0 Å². The molecule has 0 saturated carbocycles. The second kappa shape index (κ2) is 11.8. The molecule has 11 rings (SSSR count). The molecule has 0 atom stereocenters. The molecule has 0 aliphatic heterocycles. The van der Waals surface area contributed by atoms with Crippen molar-refractivity contribution in [2.45, 2.75) is 0 Å². The summed E-state index contributed by atoms with van der Waals surface area (Å²) in [4.78, 5) is 0. The Hall–Kier alpha value is -7.86. The van der Waals surface area contributed by atoms with Gasteiger partial charge in [0.05, 0.1) is 61.7 Å². The third-order valence-corrected chi connectivity index (χ3v) is 11.1. The number of fused-ring (bicyclic) bond motifs is 9. The Kier molecular flexibility index (Phi) is 6.61. The summed E-state index contributed by atoms with van der Waals surface area (Å²) in [6.45, 7) is 0. The van der Waals surface area contributed by atoms with E-state index in [-0.39, 0.29) is 0 Å². The summed E-state index contributed by atoms with van der Waals surface area (Å²) in [5.74, 6) is 0. The van der Waals surface area contributed by atoms with Gasteiger partial charge < -0.3 is 13.7 Å². The van der Waals surface area contributed by atoms with E-state index in [0.29, 0.717) is 11.1 Å². The Balaban J connectivity index is 1.15. The zero-order chi connectivity index (χ0) is 36.6. The first-order valence-electron chi connectivity index (χ1n) is 18.3. The minimum absolute atomic E-state index is 0.561. The molecule has 0 aliphatic carbocycles. The van der Waals surface area contributed by atoms with Crippen molar-refractivity contribution in [3.63, 3.8) is 0 Å². The van der Waals surface area contributed by atoms with Gasteiger partial charge in [-0.1, -0.05) is 103 Å². The highest BCUT2D eigenvalue weighted by Gasteiger charge is 2.22. The number of hydrogen-bond acceptors (Lipinski definition) is 2. The topological polar surface area (TPSA) is 62.4 Å². The Morgan fingerprint density at radius 1 is 0.345 bits per heavy atom. The van der Waals surface area contributed by atoms with Crippen molar-refractivity contribution in [3.8, 4) is 40.3 Å². The molecule has 0 saturated heterocycles. The second-order valence-corrected chi connectivity index (χ2v) is 14.0. The van der Waals surface area contributed by atoms with Crippen LogP contribution in [0.4, 0.5) is 0 Å². The zero-order valence-corrected chi connectivity index (χ0v) is 29.5. The molecule has 0 aliphatic rings. The maximum Gasteiger partial charge on any atom is 0.101 e. The predicted octanol–water partition coefficient (Wildman–Crippen LogP) is 12.4. The summed E-state index contributed by atoms with van der Waals surface area (Å²) >= 11 is 0. The molecule has 0 amide bonds. The van der Waals surface area contributed by atoms with E-state index in [0.717, 1.165) is 61.0 Å². The molecular formula is C50H29N5. The van der Waals surface area contributed by atoms with E-state index in [1.807, 2.05) is 30.3 Å².